The topological polar surface area (TPSA) is 57.0 Å². The molecule has 0 aliphatic rings. The molecule has 0 radical (unpaired) electrons. The van der Waals surface area contributed by atoms with Crippen LogP contribution in [0, 0.1) is 0 Å². The number of nitrogens with zero attached hydrogens (tertiary/aromatic N) is 3. The van der Waals surface area contributed by atoms with Crippen LogP contribution in [0.2, 0.25) is 0 Å². The van der Waals surface area contributed by atoms with E-state index in [1.165, 1.54) is 6.33 Å². The van der Waals surface area contributed by atoms with Crippen molar-refractivity contribution in [2.45, 2.75) is 32.7 Å². The highest BCUT2D eigenvalue weighted by Crippen LogP contribution is 2.06. The first-order chi connectivity index (χ1) is 7.15. The fourth-order valence-electron chi connectivity index (χ4n) is 1.31. The maximum atomic E-state index is 11.5. The number of ether oxygens (including phenoxy) is 1. The molecule has 0 atom stereocenters. The van der Waals surface area contributed by atoms with Gasteiger partial charge in [0.25, 0.3) is 0 Å². The van der Waals surface area contributed by atoms with Crippen LogP contribution in [0.4, 0.5) is 0 Å². The molecule has 0 aliphatic heterocycles. The van der Waals surface area contributed by atoms with Crippen LogP contribution in [0.15, 0.2) is 6.33 Å². The normalized spacial score (nSPS) is 10.9. The summed E-state index contributed by atoms with van der Waals surface area (Å²) in [4.78, 5) is 15.6. The van der Waals surface area contributed by atoms with Crippen molar-refractivity contribution in [1.29, 1.82) is 0 Å². The van der Waals surface area contributed by atoms with E-state index in [1.807, 2.05) is 13.8 Å². The number of carbonyl (C=O) groups excluding carboxylic acids is 1. The highest BCUT2D eigenvalue weighted by molar-refractivity contribution is 5.80. The maximum Gasteiger partial charge on any atom is 0.142 e. The van der Waals surface area contributed by atoms with Crippen molar-refractivity contribution in [2.24, 2.45) is 0 Å². The van der Waals surface area contributed by atoms with Crippen LogP contribution in [0.1, 0.15) is 32.1 Å². The van der Waals surface area contributed by atoms with Crippen molar-refractivity contribution in [2.75, 3.05) is 13.7 Å². The third-order valence-electron chi connectivity index (χ3n) is 2.08. The molecule has 0 fully saturated rings. The number of Topliss-reactive ketones (excluding diaryl/α,β-unsaturated/α-hetero) is 1. The van der Waals surface area contributed by atoms with Crippen LogP contribution in [0.3, 0.4) is 0 Å². The lowest BCUT2D eigenvalue weighted by Gasteiger charge is -2.08. The Labute approximate surface area is 89.5 Å². The zero-order valence-electron chi connectivity index (χ0n) is 9.43. The van der Waals surface area contributed by atoms with Gasteiger partial charge in [-0.05, 0) is 13.8 Å². The smallest absolute Gasteiger partial charge is 0.142 e. The fourth-order valence-corrected chi connectivity index (χ4v) is 1.31. The van der Waals surface area contributed by atoms with Gasteiger partial charge in [0, 0.05) is 19.6 Å². The molecular weight excluding hydrogens is 194 g/mol. The van der Waals surface area contributed by atoms with E-state index < -0.39 is 0 Å². The molecule has 0 amide bonds. The molecule has 0 spiro atoms. The van der Waals surface area contributed by atoms with E-state index in [0.717, 1.165) is 5.82 Å². The second kappa shape index (κ2) is 5.60. The predicted octanol–water partition coefficient (Wildman–Crippen LogP) is 1.01. The van der Waals surface area contributed by atoms with Crippen molar-refractivity contribution in [3.63, 3.8) is 0 Å². The average molecular weight is 211 g/mol. The molecule has 15 heavy (non-hydrogen) atoms. The van der Waals surface area contributed by atoms with Crippen molar-refractivity contribution < 1.29 is 9.53 Å². The first kappa shape index (κ1) is 11.8. The van der Waals surface area contributed by atoms with Crippen molar-refractivity contribution in [1.82, 2.24) is 14.8 Å². The largest absolute Gasteiger partial charge is 0.384 e. The van der Waals surface area contributed by atoms with Crippen LogP contribution >= 0.6 is 0 Å². The summed E-state index contributed by atoms with van der Waals surface area (Å²) in [5.41, 5.74) is 0. The Morgan fingerprint density at radius 1 is 1.60 bits per heavy atom. The number of rotatable bonds is 6. The van der Waals surface area contributed by atoms with Gasteiger partial charge >= 0.3 is 0 Å². The molecule has 1 aromatic rings. The SMILES string of the molecule is COCCC(=O)Cc1ncnn1C(C)C. The van der Waals surface area contributed by atoms with Crippen LogP contribution < -0.4 is 0 Å². The minimum atomic E-state index is 0.131. The summed E-state index contributed by atoms with van der Waals surface area (Å²) in [5, 5.41) is 4.07. The lowest BCUT2D eigenvalue weighted by atomic mass is 10.2. The van der Waals surface area contributed by atoms with E-state index in [1.54, 1.807) is 11.8 Å². The molecule has 0 saturated heterocycles. The number of hydrogen-bond donors (Lipinski definition) is 0. The minimum Gasteiger partial charge on any atom is -0.384 e. The Balaban J connectivity index is 2.56. The number of carbonyl (C=O) groups is 1. The van der Waals surface area contributed by atoms with Crippen LogP contribution in [0.5, 0.6) is 0 Å². The maximum absolute atomic E-state index is 11.5. The van der Waals surface area contributed by atoms with Gasteiger partial charge in [0.05, 0.1) is 13.0 Å². The molecule has 1 aromatic heterocycles. The Hall–Kier alpha value is -1.23. The second-order valence-corrected chi connectivity index (χ2v) is 3.67. The van der Waals surface area contributed by atoms with Gasteiger partial charge in [0.2, 0.25) is 0 Å². The number of ketones is 1. The summed E-state index contributed by atoms with van der Waals surface area (Å²) in [6.07, 6.45) is 2.25. The van der Waals surface area contributed by atoms with Crippen LogP contribution in [-0.4, -0.2) is 34.3 Å². The van der Waals surface area contributed by atoms with Gasteiger partial charge in [-0.15, -0.1) is 0 Å². The fraction of sp³-hybridized carbons (Fsp3) is 0.700. The quantitative estimate of drug-likeness (QED) is 0.704. The number of aromatic nitrogens is 3. The third kappa shape index (κ3) is 3.43. The highest BCUT2D eigenvalue weighted by Gasteiger charge is 2.11. The Morgan fingerprint density at radius 2 is 2.33 bits per heavy atom. The summed E-state index contributed by atoms with van der Waals surface area (Å²) >= 11 is 0. The van der Waals surface area contributed by atoms with Crippen LogP contribution in [0.25, 0.3) is 0 Å². The van der Waals surface area contributed by atoms with E-state index in [4.69, 9.17) is 4.74 Å². The van der Waals surface area contributed by atoms with E-state index >= 15 is 0 Å². The molecule has 5 heteroatoms. The monoisotopic (exact) mass is 211 g/mol. The van der Waals surface area contributed by atoms with Crippen LogP contribution in [-0.2, 0) is 16.0 Å². The summed E-state index contributed by atoms with van der Waals surface area (Å²) < 4.78 is 6.61. The van der Waals surface area contributed by atoms with Crippen molar-refractivity contribution in [3.8, 4) is 0 Å². The molecule has 0 unspecified atom stereocenters. The standard InChI is InChI=1S/C10H17N3O2/c1-8(2)13-10(11-7-12-13)6-9(14)4-5-15-3/h7-8H,4-6H2,1-3H3. The molecule has 1 rings (SSSR count). The van der Waals surface area contributed by atoms with Gasteiger partial charge in [-0.25, -0.2) is 9.67 Å². The number of hydrogen-bond acceptors (Lipinski definition) is 4. The van der Waals surface area contributed by atoms with Gasteiger partial charge in [-0.2, -0.15) is 5.10 Å². The van der Waals surface area contributed by atoms with Gasteiger partial charge in [-0.1, -0.05) is 0 Å². The summed E-state index contributed by atoms with van der Waals surface area (Å²) in [6, 6.07) is 0.234. The van der Waals surface area contributed by atoms with E-state index in [0.29, 0.717) is 19.4 Å². The third-order valence-corrected chi connectivity index (χ3v) is 2.08. The Morgan fingerprint density at radius 3 is 2.93 bits per heavy atom. The molecule has 0 aliphatic carbocycles. The molecule has 1 heterocycles. The molecular formula is C10H17N3O2. The van der Waals surface area contributed by atoms with Gasteiger partial charge in [0.1, 0.15) is 17.9 Å². The minimum absolute atomic E-state index is 0.131. The summed E-state index contributed by atoms with van der Waals surface area (Å²) in [6.45, 7) is 4.49. The van der Waals surface area contributed by atoms with Crippen molar-refractivity contribution >= 4 is 5.78 Å². The first-order valence-electron chi connectivity index (χ1n) is 5.04. The molecule has 5 nitrogen and oxygen atoms in total. The summed E-state index contributed by atoms with van der Waals surface area (Å²) in [7, 11) is 1.59. The molecule has 0 saturated carbocycles. The van der Waals surface area contributed by atoms with E-state index in [9.17, 15) is 4.79 Å². The summed E-state index contributed by atoms with van der Waals surface area (Å²) in [5.74, 6) is 0.859. The molecule has 0 N–H and O–H groups in total. The van der Waals surface area contributed by atoms with Gasteiger partial charge in [0.15, 0.2) is 0 Å². The molecule has 0 aromatic carbocycles. The zero-order chi connectivity index (χ0) is 11.3. The highest BCUT2D eigenvalue weighted by atomic mass is 16.5. The van der Waals surface area contributed by atoms with Crippen molar-refractivity contribution in [3.05, 3.63) is 12.2 Å². The second-order valence-electron chi connectivity index (χ2n) is 3.67. The van der Waals surface area contributed by atoms with E-state index in [-0.39, 0.29) is 11.8 Å². The lowest BCUT2D eigenvalue weighted by Crippen LogP contribution is -2.14. The first-order valence-corrected chi connectivity index (χ1v) is 5.04. The Bertz CT molecular complexity index is 320. The zero-order valence-corrected chi connectivity index (χ0v) is 9.43. The number of methoxy groups -OCH3 is 1. The van der Waals surface area contributed by atoms with E-state index in [2.05, 4.69) is 10.1 Å². The predicted molar refractivity (Wildman–Crippen MR) is 55.6 cm³/mol. The lowest BCUT2D eigenvalue weighted by molar-refractivity contribution is -0.119. The molecule has 0 bridgehead atoms. The Kier molecular flexibility index (Phi) is 4.42. The van der Waals surface area contributed by atoms with Gasteiger partial charge < -0.3 is 4.74 Å². The average Bonchev–Trinajstić information content (AvgIpc) is 2.62. The van der Waals surface area contributed by atoms with Gasteiger partial charge in [-0.3, -0.25) is 4.79 Å². The molecule has 84 valence electrons.